The van der Waals surface area contributed by atoms with Gasteiger partial charge in [0.1, 0.15) is 0 Å². The Morgan fingerprint density at radius 3 is 2.40 bits per heavy atom. The lowest BCUT2D eigenvalue weighted by Crippen LogP contribution is -2.08. The third-order valence-electron chi connectivity index (χ3n) is 2.68. The molecule has 0 spiro atoms. The summed E-state index contributed by atoms with van der Waals surface area (Å²) in [6.07, 6.45) is 1.44. The van der Waals surface area contributed by atoms with Crippen molar-refractivity contribution in [1.82, 2.24) is 0 Å². The fourth-order valence-electron chi connectivity index (χ4n) is 1.70. The second-order valence-corrected chi connectivity index (χ2v) is 4.10. The average Bonchev–Trinajstić information content (AvgIpc) is 2.96. The molecule has 82 valence electrons. The van der Waals surface area contributed by atoms with Crippen molar-refractivity contribution < 1.29 is 14.6 Å². The first kappa shape index (κ1) is 10.6. The van der Waals surface area contributed by atoms with Crippen LogP contribution in [0.25, 0.3) is 0 Å². The molecule has 0 atom stereocenters. The Labute approximate surface area is 93.6 Å². The molecule has 1 aromatic rings. The Morgan fingerprint density at radius 1 is 1.27 bits per heavy atom. The molecule has 3 nitrogen and oxygen atoms in total. The molecule has 1 aliphatic carbocycles. The fraction of sp³-hybridized carbons (Fsp3) is 0.455. The van der Waals surface area contributed by atoms with E-state index in [2.05, 4.69) is 0 Å². The molecule has 1 fully saturated rings. The van der Waals surface area contributed by atoms with Crippen molar-refractivity contribution in [3.8, 4) is 11.5 Å². The number of hydrogen-bond donors (Lipinski definition) is 1. The maximum Gasteiger partial charge on any atom is 0.168 e. The predicted octanol–water partition coefficient (Wildman–Crippen LogP) is 2.34. The summed E-state index contributed by atoms with van der Waals surface area (Å²) < 4.78 is 10.4. The molecule has 0 amide bonds. The van der Waals surface area contributed by atoms with Crippen molar-refractivity contribution in [2.75, 3.05) is 14.2 Å². The molecule has 0 aliphatic heterocycles. The molecule has 0 aromatic heterocycles. The van der Waals surface area contributed by atoms with Gasteiger partial charge in [-0.15, -0.1) is 0 Å². The molecular weight excluding hydrogens is 216 g/mol. The zero-order chi connectivity index (χ0) is 11.1. The van der Waals surface area contributed by atoms with Crippen LogP contribution >= 0.6 is 11.6 Å². The molecule has 1 aliphatic rings. The fourth-order valence-corrected chi connectivity index (χ4v) is 2.03. The summed E-state index contributed by atoms with van der Waals surface area (Å²) in [5.74, 6) is 1.13. The van der Waals surface area contributed by atoms with Crippen LogP contribution in [0.1, 0.15) is 18.4 Å². The maximum absolute atomic E-state index is 10.1. The molecule has 1 aromatic carbocycles. The van der Waals surface area contributed by atoms with E-state index in [1.807, 2.05) is 0 Å². The van der Waals surface area contributed by atoms with Gasteiger partial charge in [-0.2, -0.15) is 0 Å². The summed E-state index contributed by atoms with van der Waals surface area (Å²) in [5, 5.41) is 10.6. The van der Waals surface area contributed by atoms with Gasteiger partial charge in [-0.25, -0.2) is 0 Å². The van der Waals surface area contributed by atoms with Crippen molar-refractivity contribution in [2.24, 2.45) is 0 Å². The lowest BCUT2D eigenvalue weighted by Gasteiger charge is -2.17. The minimum absolute atomic E-state index is 0.521. The van der Waals surface area contributed by atoms with E-state index in [-0.39, 0.29) is 0 Å². The van der Waals surface area contributed by atoms with Gasteiger partial charge < -0.3 is 14.6 Å². The monoisotopic (exact) mass is 228 g/mol. The van der Waals surface area contributed by atoms with Crippen LogP contribution < -0.4 is 9.47 Å². The lowest BCUT2D eigenvalue weighted by molar-refractivity contribution is 0.146. The maximum atomic E-state index is 10.1. The van der Waals surface area contributed by atoms with Crippen LogP contribution in [0.15, 0.2) is 12.1 Å². The smallest absolute Gasteiger partial charge is 0.168 e. The van der Waals surface area contributed by atoms with Crippen LogP contribution in [-0.4, -0.2) is 19.3 Å². The number of rotatable bonds is 3. The van der Waals surface area contributed by atoms with E-state index < -0.39 is 5.60 Å². The highest BCUT2D eigenvalue weighted by molar-refractivity contribution is 6.31. The zero-order valence-corrected chi connectivity index (χ0v) is 9.47. The van der Waals surface area contributed by atoms with E-state index in [1.165, 1.54) is 0 Å². The molecular formula is C11H13ClO3. The van der Waals surface area contributed by atoms with Gasteiger partial charge in [-0.3, -0.25) is 0 Å². The molecule has 1 saturated carbocycles. The van der Waals surface area contributed by atoms with E-state index in [1.54, 1.807) is 26.4 Å². The Kier molecular flexibility index (Phi) is 2.52. The quantitative estimate of drug-likeness (QED) is 0.863. The average molecular weight is 229 g/mol. The summed E-state index contributed by atoms with van der Waals surface area (Å²) in [6.45, 7) is 0. The van der Waals surface area contributed by atoms with Gasteiger partial charge in [0.05, 0.1) is 24.8 Å². The number of ether oxygens (including phenoxy) is 2. The predicted molar refractivity (Wildman–Crippen MR) is 57.7 cm³/mol. The van der Waals surface area contributed by atoms with Crippen molar-refractivity contribution >= 4 is 11.6 Å². The highest BCUT2D eigenvalue weighted by Gasteiger charge is 2.46. The first-order chi connectivity index (χ1) is 7.12. The van der Waals surface area contributed by atoms with E-state index >= 15 is 0 Å². The minimum Gasteiger partial charge on any atom is -0.493 e. The van der Waals surface area contributed by atoms with Gasteiger partial charge in [0.25, 0.3) is 0 Å². The standard InChI is InChI=1S/C11H13ClO3/c1-14-8-4-3-7(12)9(10(8)15-2)11(13)5-6-11/h3-4,13H,5-6H2,1-2H3. The van der Waals surface area contributed by atoms with Crippen LogP contribution in [0.5, 0.6) is 11.5 Å². The first-order valence-corrected chi connectivity index (χ1v) is 5.13. The van der Waals surface area contributed by atoms with Crippen molar-refractivity contribution in [3.63, 3.8) is 0 Å². The molecule has 0 bridgehead atoms. The molecule has 0 saturated heterocycles. The third kappa shape index (κ3) is 1.66. The van der Waals surface area contributed by atoms with Crippen LogP contribution in [0.4, 0.5) is 0 Å². The summed E-state index contributed by atoms with van der Waals surface area (Å²) in [5.41, 5.74) is -0.178. The van der Waals surface area contributed by atoms with Gasteiger partial charge in [0.15, 0.2) is 11.5 Å². The summed E-state index contributed by atoms with van der Waals surface area (Å²) in [4.78, 5) is 0. The second kappa shape index (κ2) is 3.58. The third-order valence-corrected chi connectivity index (χ3v) is 3.00. The topological polar surface area (TPSA) is 38.7 Å². The molecule has 0 radical (unpaired) electrons. The van der Waals surface area contributed by atoms with Crippen LogP contribution in [-0.2, 0) is 5.60 Å². The lowest BCUT2D eigenvalue weighted by atomic mass is 10.1. The number of halogens is 1. The van der Waals surface area contributed by atoms with Crippen LogP contribution in [0, 0.1) is 0 Å². The highest BCUT2D eigenvalue weighted by Crippen LogP contribution is 2.53. The Balaban J connectivity index is 2.59. The van der Waals surface area contributed by atoms with Crippen molar-refractivity contribution in [3.05, 3.63) is 22.7 Å². The van der Waals surface area contributed by atoms with Crippen LogP contribution in [0.3, 0.4) is 0 Å². The molecule has 0 unspecified atom stereocenters. The number of methoxy groups -OCH3 is 2. The largest absolute Gasteiger partial charge is 0.493 e. The van der Waals surface area contributed by atoms with E-state index in [0.717, 1.165) is 12.8 Å². The number of hydrogen-bond acceptors (Lipinski definition) is 3. The minimum atomic E-state index is -0.822. The van der Waals surface area contributed by atoms with E-state index in [0.29, 0.717) is 22.1 Å². The molecule has 1 N–H and O–H groups in total. The van der Waals surface area contributed by atoms with Gasteiger partial charge in [-0.05, 0) is 25.0 Å². The Hall–Kier alpha value is -0.930. The van der Waals surface area contributed by atoms with Crippen molar-refractivity contribution in [1.29, 1.82) is 0 Å². The summed E-state index contributed by atoms with van der Waals surface area (Å²) in [6, 6.07) is 3.45. The van der Waals surface area contributed by atoms with Crippen LogP contribution in [0.2, 0.25) is 5.02 Å². The van der Waals surface area contributed by atoms with E-state index in [9.17, 15) is 5.11 Å². The summed E-state index contributed by atoms with van der Waals surface area (Å²) >= 11 is 6.07. The first-order valence-electron chi connectivity index (χ1n) is 4.76. The number of benzene rings is 1. The van der Waals surface area contributed by atoms with Gasteiger partial charge >= 0.3 is 0 Å². The highest BCUT2D eigenvalue weighted by atomic mass is 35.5. The zero-order valence-electron chi connectivity index (χ0n) is 8.71. The second-order valence-electron chi connectivity index (χ2n) is 3.69. The van der Waals surface area contributed by atoms with Gasteiger partial charge in [0, 0.05) is 5.56 Å². The van der Waals surface area contributed by atoms with Crippen molar-refractivity contribution in [2.45, 2.75) is 18.4 Å². The van der Waals surface area contributed by atoms with E-state index in [4.69, 9.17) is 21.1 Å². The number of aliphatic hydroxyl groups is 1. The normalized spacial score (nSPS) is 17.3. The molecule has 2 rings (SSSR count). The summed E-state index contributed by atoms with van der Waals surface area (Å²) in [7, 11) is 3.11. The molecule has 4 heteroatoms. The Morgan fingerprint density at radius 2 is 1.93 bits per heavy atom. The SMILES string of the molecule is COc1ccc(Cl)c(C2(O)CC2)c1OC. The molecule has 15 heavy (non-hydrogen) atoms. The van der Waals surface area contributed by atoms with Gasteiger partial charge in [0.2, 0.25) is 0 Å². The Bertz CT molecular complexity index is 386. The van der Waals surface area contributed by atoms with Gasteiger partial charge in [-0.1, -0.05) is 11.6 Å². The molecule has 0 heterocycles.